The Morgan fingerprint density at radius 1 is 1.89 bits per heavy atom. The molecule has 0 fully saturated rings. The number of rotatable bonds is 2. The van der Waals surface area contributed by atoms with E-state index in [9.17, 15) is 4.79 Å². The Morgan fingerprint density at radius 3 is 3.00 bits per heavy atom. The standard InChI is InChI=1S/C5H7N3O/c1-2-8-4-6-5(3-9)7-8/h3-4H,2H2,1H3. The van der Waals surface area contributed by atoms with E-state index in [1.165, 1.54) is 6.33 Å². The minimum Gasteiger partial charge on any atom is -0.294 e. The highest BCUT2D eigenvalue weighted by molar-refractivity contribution is 5.68. The zero-order chi connectivity index (χ0) is 6.69. The van der Waals surface area contributed by atoms with Crippen LogP contribution in [-0.4, -0.2) is 21.1 Å². The van der Waals surface area contributed by atoms with E-state index < -0.39 is 0 Å². The maximum absolute atomic E-state index is 10.00. The van der Waals surface area contributed by atoms with Crippen LogP contribution in [0.5, 0.6) is 0 Å². The van der Waals surface area contributed by atoms with Crippen molar-refractivity contribution in [2.75, 3.05) is 0 Å². The van der Waals surface area contributed by atoms with Crippen molar-refractivity contribution in [1.82, 2.24) is 14.8 Å². The van der Waals surface area contributed by atoms with Crippen LogP contribution in [0.25, 0.3) is 0 Å². The first kappa shape index (κ1) is 5.94. The monoisotopic (exact) mass is 125 g/mol. The van der Waals surface area contributed by atoms with Crippen molar-refractivity contribution < 1.29 is 4.79 Å². The summed E-state index contributed by atoms with van der Waals surface area (Å²) in [5.41, 5.74) is 0. The lowest BCUT2D eigenvalue weighted by Crippen LogP contribution is -1.94. The van der Waals surface area contributed by atoms with Gasteiger partial charge < -0.3 is 0 Å². The largest absolute Gasteiger partial charge is 0.294 e. The molecule has 0 aromatic carbocycles. The average molecular weight is 125 g/mol. The van der Waals surface area contributed by atoms with Crippen LogP contribution in [0.15, 0.2) is 6.33 Å². The van der Waals surface area contributed by atoms with E-state index in [4.69, 9.17) is 0 Å². The maximum Gasteiger partial charge on any atom is 0.213 e. The summed E-state index contributed by atoms with van der Waals surface area (Å²) in [5.74, 6) is 0.247. The van der Waals surface area contributed by atoms with Crippen LogP contribution in [0.2, 0.25) is 0 Å². The smallest absolute Gasteiger partial charge is 0.213 e. The summed E-state index contributed by atoms with van der Waals surface area (Å²) < 4.78 is 1.60. The van der Waals surface area contributed by atoms with Crippen LogP contribution in [0.4, 0.5) is 0 Å². The third-order valence-corrected chi connectivity index (χ3v) is 0.984. The second-order valence-corrected chi connectivity index (χ2v) is 1.58. The molecule has 0 amide bonds. The molecule has 0 atom stereocenters. The molecule has 1 rings (SSSR count). The maximum atomic E-state index is 10.00. The summed E-state index contributed by atoms with van der Waals surface area (Å²) in [6, 6.07) is 0. The molecule has 0 aliphatic heterocycles. The first-order valence-electron chi connectivity index (χ1n) is 2.71. The summed E-state index contributed by atoms with van der Waals surface area (Å²) in [5, 5.41) is 3.78. The topological polar surface area (TPSA) is 47.8 Å². The number of nitrogens with zero attached hydrogens (tertiary/aromatic N) is 3. The summed E-state index contributed by atoms with van der Waals surface area (Å²) in [7, 11) is 0. The minimum atomic E-state index is 0.247. The number of hydrogen-bond donors (Lipinski definition) is 0. The Kier molecular flexibility index (Phi) is 1.58. The van der Waals surface area contributed by atoms with Crippen LogP contribution < -0.4 is 0 Å². The fraction of sp³-hybridized carbons (Fsp3) is 0.400. The second-order valence-electron chi connectivity index (χ2n) is 1.58. The van der Waals surface area contributed by atoms with Crippen LogP contribution in [0.3, 0.4) is 0 Å². The second kappa shape index (κ2) is 2.39. The molecule has 0 bridgehead atoms. The van der Waals surface area contributed by atoms with Gasteiger partial charge >= 0.3 is 0 Å². The van der Waals surface area contributed by atoms with Gasteiger partial charge in [0.2, 0.25) is 5.82 Å². The van der Waals surface area contributed by atoms with Crippen molar-refractivity contribution in [3.63, 3.8) is 0 Å². The van der Waals surface area contributed by atoms with E-state index in [1.54, 1.807) is 4.68 Å². The van der Waals surface area contributed by atoms with E-state index in [0.717, 1.165) is 6.54 Å². The van der Waals surface area contributed by atoms with Gasteiger partial charge in [0.1, 0.15) is 6.33 Å². The number of aromatic nitrogens is 3. The van der Waals surface area contributed by atoms with Gasteiger partial charge in [-0.25, -0.2) is 4.98 Å². The van der Waals surface area contributed by atoms with E-state index in [0.29, 0.717) is 6.29 Å². The lowest BCUT2D eigenvalue weighted by Gasteiger charge is -1.86. The summed E-state index contributed by atoms with van der Waals surface area (Å²) in [6.07, 6.45) is 2.16. The molecule has 48 valence electrons. The molecule has 1 aromatic rings. The summed E-state index contributed by atoms with van der Waals surface area (Å²) in [6.45, 7) is 2.68. The van der Waals surface area contributed by atoms with Gasteiger partial charge in [-0.2, -0.15) is 0 Å². The molecular weight excluding hydrogens is 118 g/mol. The van der Waals surface area contributed by atoms with Gasteiger partial charge in [-0.3, -0.25) is 9.48 Å². The molecule has 4 nitrogen and oxygen atoms in total. The van der Waals surface area contributed by atoms with E-state index in [2.05, 4.69) is 10.1 Å². The zero-order valence-corrected chi connectivity index (χ0v) is 5.11. The third-order valence-electron chi connectivity index (χ3n) is 0.984. The molecule has 1 aromatic heterocycles. The Hall–Kier alpha value is -1.19. The first-order chi connectivity index (χ1) is 4.36. The first-order valence-corrected chi connectivity index (χ1v) is 2.71. The van der Waals surface area contributed by atoms with Gasteiger partial charge in [0, 0.05) is 6.54 Å². The van der Waals surface area contributed by atoms with Crippen LogP contribution in [0.1, 0.15) is 17.5 Å². The van der Waals surface area contributed by atoms with Crippen molar-refractivity contribution in [2.24, 2.45) is 0 Å². The highest BCUT2D eigenvalue weighted by Crippen LogP contribution is 1.83. The van der Waals surface area contributed by atoms with E-state index in [1.807, 2.05) is 6.92 Å². The summed E-state index contributed by atoms with van der Waals surface area (Å²) >= 11 is 0. The Labute approximate surface area is 52.5 Å². The Morgan fingerprint density at radius 2 is 2.67 bits per heavy atom. The number of aryl methyl sites for hydroxylation is 1. The molecular formula is C5H7N3O. The van der Waals surface area contributed by atoms with Crippen molar-refractivity contribution in [3.05, 3.63) is 12.2 Å². The fourth-order valence-corrected chi connectivity index (χ4v) is 0.515. The molecule has 0 aliphatic carbocycles. The number of hydrogen-bond acceptors (Lipinski definition) is 3. The van der Waals surface area contributed by atoms with Gasteiger partial charge in [-0.1, -0.05) is 0 Å². The molecule has 4 heteroatoms. The SMILES string of the molecule is CCn1cnc(C=O)n1. The quantitative estimate of drug-likeness (QED) is 0.527. The predicted molar refractivity (Wildman–Crippen MR) is 31.1 cm³/mol. The van der Waals surface area contributed by atoms with Gasteiger partial charge in [0.05, 0.1) is 0 Å². The molecule has 0 aliphatic rings. The normalized spacial score (nSPS) is 9.44. The Bertz CT molecular complexity index is 206. The lowest BCUT2D eigenvalue weighted by atomic mass is 10.7. The number of carbonyl (C=O) groups is 1. The molecule has 9 heavy (non-hydrogen) atoms. The van der Waals surface area contributed by atoms with Crippen LogP contribution in [-0.2, 0) is 6.54 Å². The molecule has 1 heterocycles. The van der Waals surface area contributed by atoms with E-state index in [-0.39, 0.29) is 5.82 Å². The molecule has 0 unspecified atom stereocenters. The molecule has 0 N–H and O–H groups in total. The van der Waals surface area contributed by atoms with Crippen molar-refractivity contribution in [1.29, 1.82) is 0 Å². The molecule has 0 radical (unpaired) electrons. The lowest BCUT2D eigenvalue weighted by molar-refractivity contribution is 0.111. The van der Waals surface area contributed by atoms with E-state index >= 15 is 0 Å². The van der Waals surface area contributed by atoms with Crippen LogP contribution in [0, 0.1) is 0 Å². The summed E-state index contributed by atoms with van der Waals surface area (Å²) in [4.78, 5) is 13.7. The van der Waals surface area contributed by atoms with Crippen molar-refractivity contribution >= 4 is 6.29 Å². The van der Waals surface area contributed by atoms with Gasteiger partial charge in [0.25, 0.3) is 0 Å². The predicted octanol–water partition coefficient (Wildman–Crippen LogP) is 0.110. The average Bonchev–Trinajstić information content (AvgIpc) is 2.34. The van der Waals surface area contributed by atoms with Crippen molar-refractivity contribution in [3.8, 4) is 0 Å². The fourth-order valence-electron chi connectivity index (χ4n) is 0.515. The highest BCUT2D eigenvalue weighted by atomic mass is 16.1. The number of carbonyl (C=O) groups excluding carboxylic acids is 1. The molecule has 0 spiro atoms. The third kappa shape index (κ3) is 1.13. The zero-order valence-electron chi connectivity index (χ0n) is 5.11. The van der Waals surface area contributed by atoms with Gasteiger partial charge in [-0.05, 0) is 6.92 Å². The van der Waals surface area contributed by atoms with Gasteiger partial charge in [0.15, 0.2) is 6.29 Å². The highest BCUT2D eigenvalue weighted by Gasteiger charge is 1.93. The molecule has 0 saturated heterocycles. The molecule has 0 saturated carbocycles. The van der Waals surface area contributed by atoms with Gasteiger partial charge in [-0.15, -0.1) is 5.10 Å². The van der Waals surface area contributed by atoms with Crippen LogP contribution >= 0.6 is 0 Å². The Balaban J connectivity index is 2.86. The number of aldehydes is 1. The minimum absolute atomic E-state index is 0.247. The van der Waals surface area contributed by atoms with Crippen molar-refractivity contribution in [2.45, 2.75) is 13.5 Å².